The summed E-state index contributed by atoms with van der Waals surface area (Å²) in [6.45, 7) is 3.38. The van der Waals surface area contributed by atoms with E-state index in [1.807, 2.05) is 19.1 Å². The van der Waals surface area contributed by atoms with Gasteiger partial charge in [-0.05, 0) is 19.4 Å². The summed E-state index contributed by atoms with van der Waals surface area (Å²) in [4.78, 5) is 0. The molecule has 0 heterocycles. The predicted molar refractivity (Wildman–Crippen MR) is 51.1 cm³/mol. The Labute approximate surface area is 78.2 Å². The van der Waals surface area contributed by atoms with E-state index in [9.17, 15) is 8.42 Å². The van der Waals surface area contributed by atoms with Gasteiger partial charge in [0.15, 0.2) is 0 Å². The van der Waals surface area contributed by atoms with Crippen LogP contribution in [-0.4, -0.2) is 13.0 Å². The maximum Gasteiger partial charge on any atom is 0.271 e. The highest BCUT2D eigenvalue weighted by atomic mass is 32.2. The first-order chi connectivity index (χ1) is 5.91. The fourth-order valence-corrected chi connectivity index (χ4v) is 1.51. The minimum Gasteiger partial charge on any atom is -0.285 e. The summed E-state index contributed by atoms with van der Waals surface area (Å²) in [5.74, 6) is 0. The molecule has 0 spiro atoms. The van der Waals surface area contributed by atoms with Crippen molar-refractivity contribution in [2.24, 2.45) is 0 Å². The highest BCUT2D eigenvalue weighted by Gasteiger charge is 2.18. The molecular formula is C9H12O3S. The second-order valence-corrected chi connectivity index (χ2v) is 4.80. The summed E-state index contributed by atoms with van der Waals surface area (Å²) < 4.78 is 30.3. The van der Waals surface area contributed by atoms with Crippen LogP contribution in [0, 0.1) is 6.92 Å². The summed E-state index contributed by atoms with van der Waals surface area (Å²) in [6, 6.07) is 7.04. The average molecular weight is 200 g/mol. The van der Waals surface area contributed by atoms with Crippen LogP contribution >= 0.6 is 0 Å². The number of benzene rings is 1. The predicted octanol–water partition coefficient (Wildman–Crippen LogP) is 1.94. The second-order valence-electron chi connectivity index (χ2n) is 3.07. The van der Waals surface area contributed by atoms with E-state index in [0.29, 0.717) is 5.56 Å². The van der Waals surface area contributed by atoms with Crippen LogP contribution in [-0.2, 0) is 10.1 Å². The Morgan fingerprint density at radius 2 is 1.69 bits per heavy atom. The molecule has 0 bridgehead atoms. The Bertz CT molecular complexity index is 378. The molecule has 0 aliphatic rings. The summed E-state index contributed by atoms with van der Waals surface area (Å²) >= 11 is 0. The summed E-state index contributed by atoms with van der Waals surface area (Å²) in [7, 11) is -3.97. The van der Waals surface area contributed by atoms with Gasteiger partial charge in [-0.15, -0.1) is 0 Å². The molecule has 13 heavy (non-hydrogen) atoms. The SMILES string of the molecule is Cc1ccc(C(C)S(=O)(=O)O)cc1. The minimum atomic E-state index is -3.97. The first-order valence-corrected chi connectivity index (χ1v) is 5.44. The summed E-state index contributed by atoms with van der Waals surface area (Å²) in [6.07, 6.45) is 0. The molecule has 0 fully saturated rings. The third-order valence-electron chi connectivity index (χ3n) is 1.99. The summed E-state index contributed by atoms with van der Waals surface area (Å²) in [5, 5.41) is -0.854. The lowest BCUT2D eigenvalue weighted by Crippen LogP contribution is -2.08. The molecule has 1 aromatic rings. The normalized spacial score (nSPS) is 14.1. The fourth-order valence-electron chi connectivity index (χ4n) is 1.01. The lowest BCUT2D eigenvalue weighted by Gasteiger charge is -2.07. The molecule has 0 amide bonds. The molecule has 0 aliphatic carbocycles. The van der Waals surface area contributed by atoms with Crippen molar-refractivity contribution >= 4 is 10.1 Å². The molecule has 0 saturated carbocycles. The van der Waals surface area contributed by atoms with Crippen molar-refractivity contribution in [3.8, 4) is 0 Å². The topological polar surface area (TPSA) is 54.4 Å². The van der Waals surface area contributed by atoms with Gasteiger partial charge in [0.1, 0.15) is 5.25 Å². The molecule has 0 saturated heterocycles. The Hall–Kier alpha value is -0.870. The van der Waals surface area contributed by atoms with Crippen LogP contribution in [0.25, 0.3) is 0 Å². The number of hydrogen-bond donors (Lipinski definition) is 1. The molecule has 72 valence electrons. The molecule has 4 heteroatoms. The van der Waals surface area contributed by atoms with Gasteiger partial charge in [0.2, 0.25) is 0 Å². The highest BCUT2D eigenvalue weighted by molar-refractivity contribution is 7.86. The molecule has 1 atom stereocenters. The number of aryl methyl sites for hydroxylation is 1. The molecule has 1 aromatic carbocycles. The smallest absolute Gasteiger partial charge is 0.271 e. The largest absolute Gasteiger partial charge is 0.285 e. The van der Waals surface area contributed by atoms with E-state index in [0.717, 1.165) is 5.56 Å². The zero-order valence-corrected chi connectivity index (χ0v) is 8.38. The van der Waals surface area contributed by atoms with Crippen molar-refractivity contribution in [1.82, 2.24) is 0 Å². The molecule has 1 N–H and O–H groups in total. The van der Waals surface area contributed by atoms with E-state index in [1.54, 1.807) is 12.1 Å². The maximum atomic E-state index is 10.8. The Kier molecular flexibility index (Phi) is 2.73. The van der Waals surface area contributed by atoms with Crippen LogP contribution in [0.2, 0.25) is 0 Å². The third kappa shape index (κ3) is 2.54. The van der Waals surface area contributed by atoms with E-state index >= 15 is 0 Å². The monoisotopic (exact) mass is 200 g/mol. The van der Waals surface area contributed by atoms with E-state index in [2.05, 4.69) is 0 Å². The molecular weight excluding hydrogens is 188 g/mol. The van der Waals surface area contributed by atoms with Crippen LogP contribution < -0.4 is 0 Å². The van der Waals surface area contributed by atoms with E-state index < -0.39 is 15.4 Å². The summed E-state index contributed by atoms with van der Waals surface area (Å²) in [5.41, 5.74) is 1.67. The number of rotatable bonds is 2. The van der Waals surface area contributed by atoms with Crippen LogP contribution in [0.15, 0.2) is 24.3 Å². The van der Waals surface area contributed by atoms with Gasteiger partial charge >= 0.3 is 0 Å². The quantitative estimate of drug-likeness (QED) is 0.742. The van der Waals surface area contributed by atoms with Crippen molar-refractivity contribution in [2.45, 2.75) is 19.1 Å². The first-order valence-electron chi connectivity index (χ1n) is 3.94. The van der Waals surface area contributed by atoms with Gasteiger partial charge in [-0.25, -0.2) is 0 Å². The molecule has 1 unspecified atom stereocenters. The van der Waals surface area contributed by atoms with E-state index in [-0.39, 0.29) is 0 Å². The van der Waals surface area contributed by atoms with Crippen molar-refractivity contribution in [2.75, 3.05) is 0 Å². The third-order valence-corrected chi connectivity index (χ3v) is 3.16. The zero-order valence-electron chi connectivity index (χ0n) is 7.56. The lowest BCUT2D eigenvalue weighted by atomic mass is 10.1. The Balaban J connectivity index is 3.04. The van der Waals surface area contributed by atoms with Crippen LogP contribution in [0.3, 0.4) is 0 Å². The second kappa shape index (κ2) is 3.47. The highest BCUT2D eigenvalue weighted by Crippen LogP contribution is 2.20. The van der Waals surface area contributed by atoms with Gasteiger partial charge in [-0.2, -0.15) is 8.42 Å². The Morgan fingerprint density at radius 1 is 1.23 bits per heavy atom. The average Bonchev–Trinajstić information content (AvgIpc) is 2.03. The maximum absolute atomic E-state index is 10.8. The molecule has 1 rings (SSSR count). The first kappa shape index (κ1) is 10.2. The van der Waals surface area contributed by atoms with Gasteiger partial charge < -0.3 is 0 Å². The van der Waals surface area contributed by atoms with Crippen molar-refractivity contribution < 1.29 is 13.0 Å². The zero-order chi connectivity index (χ0) is 10.1. The lowest BCUT2D eigenvalue weighted by molar-refractivity contribution is 0.472. The van der Waals surface area contributed by atoms with Crippen molar-refractivity contribution in [3.05, 3.63) is 35.4 Å². The molecule has 3 nitrogen and oxygen atoms in total. The number of hydrogen-bond acceptors (Lipinski definition) is 2. The van der Waals surface area contributed by atoms with Crippen molar-refractivity contribution in [3.63, 3.8) is 0 Å². The van der Waals surface area contributed by atoms with E-state index in [4.69, 9.17) is 4.55 Å². The van der Waals surface area contributed by atoms with Gasteiger partial charge in [-0.3, -0.25) is 4.55 Å². The van der Waals surface area contributed by atoms with Crippen LogP contribution in [0.1, 0.15) is 23.3 Å². The van der Waals surface area contributed by atoms with Crippen LogP contribution in [0.4, 0.5) is 0 Å². The van der Waals surface area contributed by atoms with Gasteiger partial charge in [0, 0.05) is 0 Å². The molecule has 0 aliphatic heterocycles. The minimum absolute atomic E-state index is 0.605. The molecule has 0 radical (unpaired) electrons. The van der Waals surface area contributed by atoms with Gasteiger partial charge in [0.05, 0.1) is 0 Å². The van der Waals surface area contributed by atoms with Crippen molar-refractivity contribution in [1.29, 1.82) is 0 Å². The van der Waals surface area contributed by atoms with Gasteiger partial charge in [0.25, 0.3) is 10.1 Å². The van der Waals surface area contributed by atoms with E-state index in [1.165, 1.54) is 6.92 Å². The fraction of sp³-hybridized carbons (Fsp3) is 0.333. The molecule has 0 aromatic heterocycles. The Morgan fingerprint density at radius 3 is 2.08 bits per heavy atom. The standard InChI is InChI=1S/C9H12O3S/c1-7-3-5-9(6-4-7)8(2)13(10,11)12/h3-6,8H,1-2H3,(H,10,11,12). The van der Waals surface area contributed by atoms with Gasteiger partial charge in [-0.1, -0.05) is 29.8 Å². The van der Waals surface area contributed by atoms with Crippen LogP contribution in [0.5, 0.6) is 0 Å².